The van der Waals surface area contributed by atoms with Crippen LogP contribution in [0.5, 0.6) is 0 Å². The van der Waals surface area contributed by atoms with Crippen LogP contribution in [0.25, 0.3) is 0 Å². The third kappa shape index (κ3) is 4.07. The minimum atomic E-state index is -0.844. The highest BCUT2D eigenvalue weighted by Gasteiger charge is 2.25. The van der Waals surface area contributed by atoms with Crippen molar-refractivity contribution in [2.24, 2.45) is 0 Å². The van der Waals surface area contributed by atoms with Crippen LogP contribution >= 0.6 is 0 Å². The van der Waals surface area contributed by atoms with Gasteiger partial charge in [0.15, 0.2) is 0 Å². The summed E-state index contributed by atoms with van der Waals surface area (Å²) in [6.45, 7) is 4.35. The van der Waals surface area contributed by atoms with Gasteiger partial charge in [0, 0.05) is 25.8 Å². The number of aliphatic carboxylic acids is 1. The van der Waals surface area contributed by atoms with Crippen molar-refractivity contribution < 1.29 is 19.4 Å². The van der Waals surface area contributed by atoms with Crippen LogP contribution in [0, 0.1) is 0 Å². The molecule has 0 aliphatic carbocycles. The van der Waals surface area contributed by atoms with E-state index in [9.17, 15) is 9.59 Å². The van der Waals surface area contributed by atoms with Crippen molar-refractivity contribution in [2.45, 2.75) is 38.8 Å². The first-order valence-corrected chi connectivity index (χ1v) is 7.39. The number of likely N-dealkylation sites (tertiary alicyclic amines) is 1. The zero-order valence-corrected chi connectivity index (χ0v) is 12.3. The highest BCUT2D eigenvalue weighted by Crippen LogP contribution is 2.17. The van der Waals surface area contributed by atoms with Gasteiger partial charge in [0.1, 0.15) is 5.69 Å². The van der Waals surface area contributed by atoms with Crippen molar-refractivity contribution in [1.29, 1.82) is 0 Å². The molecule has 1 aliphatic heterocycles. The van der Waals surface area contributed by atoms with Gasteiger partial charge in [-0.3, -0.25) is 9.59 Å². The first-order valence-electron chi connectivity index (χ1n) is 7.39. The van der Waals surface area contributed by atoms with Crippen LogP contribution in [0.1, 0.15) is 36.7 Å². The van der Waals surface area contributed by atoms with E-state index in [1.165, 1.54) is 0 Å². The van der Waals surface area contributed by atoms with Crippen molar-refractivity contribution in [3.05, 3.63) is 24.0 Å². The van der Waals surface area contributed by atoms with Gasteiger partial charge in [-0.1, -0.05) is 0 Å². The van der Waals surface area contributed by atoms with Crippen molar-refractivity contribution >= 4 is 11.9 Å². The van der Waals surface area contributed by atoms with Crippen LogP contribution in [0.2, 0.25) is 0 Å². The van der Waals surface area contributed by atoms with E-state index >= 15 is 0 Å². The summed E-state index contributed by atoms with van der Waals surface area (Å²) in [7, 11) is 0. The molecule has 0 bridgehead atoms. The molecule has 1 aromatic rings. The summed E-state index contributed by atoms with van der Waals surface area (Å²) >= 11 is 0. The van der Waals surface area contributed by atoms with Gasteiger partial charge in [-0.2, -0.15) is 0 Å². The number of hydrogen-bond donors (Lipinski definition) is 1. The van der Waals surface area contributed by atoms with Crippen LogP contribution in [0.15, 0.2) is 18.3 Å². The molecule has 1 fully saturated rings. The molecule has 1 N–H and O–H groups in total. The molecular formula is C15H22N2O4. The summed E-state index contributed by atoms with van der Waals surface area (Å²) in [4.78, 5) is 24.7. The number of rotatable bonds is 6. The lowest BCUT2D eigenvalue weighted by molar-refractivity contribution is -0.138. The summed E-state index contributed by atoms with van der Waals surface area (Å²) < 4.78 is 7.48. The topological polar surface area (TPSA) is 71.8 Å². The standard InChI is InChI=1S/C15H22N2O4/c1-2-16-8-3-4-13(16)15(20)17-9-5-12(6-10-17)21-11-7-14(18)19/h3-4,8,12H,2,5-7,9-11H2,1H3,(H,18,19). The number of hydrogen-bond acceptors (Lipinski definition) is 3. The number of ether oxygens (including phenoxy) is 1. The maximum Gasteiger partial charge on any atom is 0.305 e. The number of aryl methyl sites for hydroxylation is 1. The van der Waals surface area contributed by atoms with Crippen molar-refractivity contribution in [3.63, 3.8) is 0 Å². The lowest BCUT2D eigenvalue weighted by Gasteiger charge is -2.32. The van der Waals surface area contributed by atoms with Crippen LogP contribution in [-0.2, 0) is 16.1 Å². The van der Waals surface area contributed by atoms with Crippen LogP contribution < -0.4 is 0 Å². The maximum absolute atomic E-state index is 12.4. The lowest BCUT2D eigenvalue weighted by Crippen LogP contribution is -2.41. The Balaban J connectivity index is 1.81. The molecule has 2 rings (SSSR count). The number of nitrogens with zero attached hydrogens (tertiary/aromatic N) is 2. The fourth-order valence-electron chi connectivity index (χ4n) is 2.58. The summed E-state index contributed by atoms with van der Waals surface area (Å²) in [5, 5.41) is 8.58. The molecule has 0 atom stereocenters. The molecule has 6 nitrogen and oxygen atoms in total. The number of carboxylic acids is 1. The minimum absolute atomic E-state index is 0.0309. The normalized spacial score (nSPS) is 16.1. The molecule has 116 valence electrons. The molecule has 6 heteroatoms. The molecule has 21 heavy (non-hydrogen) atoms. The lowest BCUT2D eigenvalue weighted by atomic mass is 10.1. The Hall–Kier alpha value is -1.82. The first-order chi connectivity index (χ1) is 10.1. The first kappa shape index (κ1) is 15.6. The van der Waals surface area contributed by atoms with Gasteiger partial charge in [0.2, 0.25) is 0 Å². The molecule has 0 spiro atoms. The molecule has 1 amide bonds. The molecule has 1 aromatic heterocycles. The van der Waals surface area contributed by atoms with Gasteiger partial charge >= 0.3 is 5.97 Å². The van der Waals surface area contributed by atoms with Gasteiger partial charge in [-0.05, 0) is 31.9 Å². The van der Waals surface area contributed by atoms with Crippen molar-refractivity contribution in [2.75, 3.05) is 19.7 Å². The minimum Gasteiger partial charge on any atom is -0.481 e. The van der Waals surface area contributed by atoms with E-state index in [-0.39, 0.29) is 25.0 Å². The predicted octanol–water partition coefficient (Wildman–Crippen LogP) is 1.60. The smallest absolute Gasteiger partial charge is 0.305 e. The predicted molar refractivity (Wildman–Crippen MR) is 77.2 cm³/mol. The molecule has 0 saturated carbocycles. The number of piperidine rings is 1. The SMILES string of the molecule is CCn1cccc1C(=O)N1CCC(OCCC(=O)O)CC1. The number of aromatic nitrogens is 1. The number of carbonyl (C=O) groups excluding carboxylic acids is 1. The summed E-state index contributed by atoms with van der Waals surface area (Å²) in [6, 6.07) is 3.74. The number of amides is 1. The Bertz CT molecular complexity index is 490. The quantitative estimate of drug-likeness (QED) is 0.865. The van der Waals surface area contributed by atoms with E-state index < -0.39 is 5.97 Å². The molecule has 1 aliphatic rings. The Labute approximate surface area is 124 Å². The molecule has 0 aromatic carbocycles. The van der Waals surface area contributed by atoms with E-state index in [1.54, 1.807) is 0 Å². The summed E-state index contributed by atoms with van der Waals surface area (Å²) in [5.74, 6) is -0.784. The monoisotopic (exact) mass is 294 g/mol. The second-order valence-corrected chi connectivity index (χ2v) is 5.19. The molecule has 2 heterocycles. The Morgan fingerprint density at radius 2 is 2.10 bits per heavy atom. The van der Waals surface area contributed by atoms with E-state index in [4.69, 9.17) is 9.84 Å². The zero-order chi connectivity index (χ0) is 15.2. The average molecular weight is 294 g/mol. The average Bonchev–Trinajstić information content (AvgIpc) is 2.95. The van der Waals surface area contributed by atoms with Gasteiger partial charge in [-0.15, -0.1) is 0 Å². The van der Waals surface area contributed by atoms with Crippen LogP contribution in [0.3, 0.4) is 0 Å². The van der Waals surface area contributed by atoms with E-state index in [2.05, 4.69) is 0 Å². The fraction of sp³-hybridized carbons (Fsp3) is 0.600. The van der Waals surface area contributed by atoms with E-state index in [0.717, 1.165) is 25.1 Å². The zero-order valence-electron chi connectivity index (χ0n) is 12.3. The third-order valence-corrected chi connectivity index (χ3v) is 3.79. The van der Waals surface area contributed by atoms with Crippen LogP contribution in [-0.4, -0.2) is 52.3 Å². The molecule has 1 saturated heterocycles. The van der Waals surface area contributed by atoms with Gasteiger partial charge < -0.3 is 19.3 Å². The Morgan fingerprint density at radius 1 is 1.38 bits per heavy atom. The Kier molecular flexibility index (Phi) is 5.38. The second kappa shape index (κ2) is 7.26. The highest BCUT2D eigenvalue weighted by atomic mass is 16.5. The van der Waals surface area contributed by atoms with Crippen molar-refractivity contribution in [1.82, 2.24) is 9.47 Å². The van der Waals surface area contributed by atoms with Gasteiger partial charge in [-0.25, -0.2) is 0 Å². The highest BCUT2D eigenvalue weighted by molar-refractivity contribution is 5.92. The third-order valence-electron chi connectivity index (χ3n) is 3.79. The van der Waals surface area contributed by atoms with Crippen molar-refractivity contribution in [3.8, 4) is 0 Å². The molecule has 0 radical (unpaired) electrons. The molecular weight excluding hydrogens is 272 g/mol. The number of carbonyl (C=O) groups is 2. The van der Waals surface area contributed by atoms with E-state index in [1.807, 2.05) is 34.7 Å². The second-order valence-electron chi connectivity index (χ2n) is 5.19. The number of carboxylic acid groups (broad SMARTS) is 1. The van der Waals surface area contributed by atoms with E-state index in [0.29, 0.717) is 13.1 Å². The fourth-order valence-corrected chi connectivity index (χ4v) is 2.58. The summed E-state index contributed by atoms with van der Waals surface area (Å²) in [6.07, 6.45) is 3.53. The van der Waals surface area contributed by atoms with Gasteiger partial charge in [0.25, 0.3) is 5.91 Å². The largest absolute Gasteiger partial charge is 0.481 e. The molecule has 0 unspecified atom stereocenters. The van der Waals surface area contributed by atoms with Crippen LogP contribution in [0.4, 0.5) is 0 Å². The maximum atomic E-state index is 12.4. The summed E-state index contributed by atoms with van der Waals surface area (Å²) in [5.41, 5.74) is 0.725. The Morgan fingerprint density at radius 3 is 2.71 bits per heavy atom. The van der Waals surface area contributed by atoms with Gasteiger partial charge in [0.05, 0.1) is 19.1 Å².